The summed E-state index contributed by atoms with van der Waals surface area (Å²) in [6, 6.07) is 0.149. The molecule has 0 aliphatic heterocycles. The van der Waals surface area contributed by atoms with Crippen LogP contribution in [0.4, 0.5) is 0 Å². The van der Waals surface area contributed by atoms with Crippen molar-refractivity contribution in [2.75, 3.05) is 6.61 Å². The maximum Gasteiger partial charge on any atom is 0.0695 e. The second kappa shape index (κ2) is 7.56. The van der Waals surface area contributed by atoms with E-state index in [-0.39, 0.29) is 12.1 Å². The molecule has 0 aromatic heterocycles. The molecule has 2 N–H and O–H groups in total. The molecule has 0 aromatic rings. The van der Waals surface area contributed by atoms with E-state index in [1.165, 1.54) is 25.7 Å². The summed E-state index contributed by atoms with van der Waals surface area (Å²) in [5.74, 6) is 0. The molecule has 0 amide bonds. The molecule has 0 saturated heterocycles. The van der Waals surface area contributed by atoms with Gasteiger partial charge in [0.05, 0.1) is 6.10 Å². The third-order valence-corrected chi connectivity index (χ3v) is 2.12. The predicted octanol–water partition coefficient (Wildman–Crippen LogP) is 2.32. The van der Waals surface area contributed by atoms with Gasteiger partial charge < -0.3 is 10.5 Å². The summed E-state index contributed by atoms with van der Waals surface area (Å²) in [4.78, 5) is 0. The maximum absolute atomic E-state index is 5.65. The smallest absolute Gasteiger partial charge is 0.0695 e. The van der Waals surface area contributed by atoms with E-state index in [2.05, 4.69) is 6.92 Å². The highest BCUT2D eigenvalue weighted by molar-refractivity contribution is 4.61. The Morgan fingerprint density at radius 3 is 2.33 bits per heavy atom. The van der Waals surface area contributed by atoms with Crippen molar-refractivity contribution < 1.29 is 4.74 Å². The molecule has 0 aliphatic rings. The van der Waals surface area contributed by atoms with Gasteiger partial charge in [-0.3, -0.25) is 0 Å². The first-order chi connectivity index (χ1) is 5.68. The maximum atomic E-state index is 5.65. The van der Waals surface area contributed by atoms with E-state index in [1.54, 1.807) is 0 Å². The van der Waals surface area contributed by atoms with E-state index in [1.807, 2.05) is 13.8 Å². The number of ether oxygens (including phenoxy) is 1. The molecule has 0 aromatic carbocycles. The first kappa shape index (κ1) is 11.9. The summed E-state index contributed by atoms with van der Waals surface area (Å²) < 4.78 is 5.52. The van der Waals surface area contributed by atoms with E-state index >= 15 is 0 Å². The van der Waals surface area contributed by atoms with Gasteiger partial charge in [-0.1, -0.05) is 26.2 Å². The normalized spacial score (nSPS) is 16.0. The van der Waals surface area contributed by atoms with E-state index in [0.717, 1.165) is 6.61 Å². The lowest BCUT2D eigenvalue weighted by atomic mass is 10.2. The lowest BCUT2D eigenvalue weighted by Crippen LogP contribution is -2.31. The zero-order valence-corrected chi connectivity index (χ0v) is 8.68. The zero-order chi connectivity index (χ0) is 9.40. The van der Waals surface area contributed by atoms with Crippen LogP contribution in [-0.4, -0.2) is 18.8 Å². The highest BCUT2D eigenvalue weighted by atomic mass is 16.5. The molecule has 0 aliphatic carbocycles. The molecule has 0 bridgehead atoms. The lowest BCUT2D eigenvalue weighted by Gasteiger charge is -2.16. The number of hydrogen-bond acceptors (Lipinski definition) is 2. The zero-order valence-electron chi connectivity index (χ0n) is 8.68. The Labute approximate surface area is 76.5 Å². The van der Waals surface area contributed by atoms with Crippen molar-refractivity contribution in [2.45, 2.75) is 58.6 Å². The molecule has 2 nitrogen and oxygen atoms in total. The molecular weight excluding hydrogens is 150 g/mol. The Balaban J connectivity index is 3.08. The van der Waals surface area contributed by atoms with Gasteiger partial charge in [0.15, 0.2) is 0 Å². The van der Waals surface area contributed by atoms with Crippen LogP contribution in [0.3, 0.4) is 0 Å². The predicted molar refractivity (Wildman–Crippen MR) is 53.2 cm³/mol. The van der Waals surface area contributed by atoms with Crippen molar-refractivity contribution in [3.63, 3.8) is 0 Å². The second-order valence-corrected chi connectivity index (χ2v) is 3.50. The van der Waals surface area contributed by atoms with Crippen molar-refractivity contribution in [1.82, 2.24) is 0 Å². The summed E-state index contributed by atoms with van der Waals surface area (Å²) in [5, 5.41) is 0. The van der Waals surface area contributed by atoms with Crippen LogP contribution in [-0.2, 0) is 4.74 Å². The summed E-state index contributed by atoms with van der Waals surface area (Å²) in [6.07, 6.45) is 5.25. The van der Waals surface area contributed by atoms with Crippen molar-refractivity contribution in [2.24, 2.45) is 5.73 Å². The molecule has 2 heteroatoms. The quantitative estimate of drug-likeness (QED) is 0.600. The molecule has 0 saturated carbocycles. The molecule has 74 valence electrons. The van der Waals surface area contributed by atoms with E-state index < -0.39 is 0 Å². The fourth-order valence-corrected chi connectivity index (χ4v) is 0.950. The summed E-state index contributed by atoms with van der Waals surface area (Å²) in [5.41, 5.74) is 5.65. The molecule has 12 heavy (non-hydrogen) atoms. The lowest BCUT2D eigenvalue weighted by molar-refractivity contribution is 0.0496. The van der Waals surface area contributed by atoms with Gasteiger partial charge in [-0.25, -0.2) is 0 Å². The Morgan fingerprint density at radius 2 is 1.83 bits per heavy atom. The Hall–Kier alpha value is -0.0800. The van der Waals surface area contributed by atoms with E-state index in [9.17, 15) is 0 Å². The van der Waals surface area contributed by atoms with Crippen LogP contribution in [0, 0.1) is 0 Å². The van der Waals surface area contributed by atoms with Gasteiger partial charge in [0.25, 0.3) is 0 Å². The first-order valence-electron chi connectivity index (χ1n) is 5.05. The molecule has 0 heterocycles. The number of unbranched alkanes of at least 4 members (excludes halogenated alkanes) is 3. The standard InChI is InChI=1S/C10H23NO/c1-4-5-6-7-8-12-10(3)9(2)11/h9-10H,4-8,11H2,1-3H3/t9-,10?/m1/s1. The Kier molecular flexibility index (Phi) is 7.51. The number of rotatable bonds is 7. The van der Waals surface area contributed by atoms with Gasteiger partial charge in [-0.15, -0.1) is 0 Å². The highest BCUT2D eigenvalue weighted by Crippen LogP contribution is 2.01. The fourth-order valence-electron chi connectivity index (χ4n) is 0.950. The Morgan fingerprint density at radius 1 is 1.17 bits per heavy atom. The monoisotopic (exact) mass is 173 g/mol. The Bertz CT molecular complexity index is 93.8. The summed E-state index contributed by atoms with van der Waals surface area (Å²) in [7, 11) is 0. The van der Waals surface area contributed by atoms with Gasteiger partial charge in [0.2, 0.25) is 0 Å². The third kappa shape index (κ3) is 6.62. The van der Waals surface area contributed by atoms with Crippen molar-refractivity contribution in [1.29, 1.82) is 0 Å². The van der Waals surface area contributed by atoms with Crippen LogP contribution in [0.5, 0.6) is 0 Å². The molecule has 0 rings (SSSR count). The SMILES string of the molecule is CCCCCCOC(C)[C@@H](C)N. The first-order valence-corrected chi connectivity index (χ1v) is 5.05. The molecule has 0 fully saturated rings. The molecule has 0 radical (unpaired) electrons. The summed E-state index contributed by atoms with van der Waals surface area (Å²) in [6.45, 7) is 7.09. The van der Waals surface area contributed by atoms with Gasteiger partial charge in [-0.2, -0.15) is 0 Å². The van der Waals surface area contributed by atoms with Crippen molar-refractivity contribution >= 4 is 0 Å². The van der Waals surface area contributed by atoms with Crippen LogP contribution < -0.4 is 5.73 Å². The molecule has 2 atom stereocenters. The van der Waals surface area contributed by atoms with E-state index in [0.29, 0.717) is 0 Å². The fraction of sp³-hybridized carbons (Fsp3) is 1.00. The van der Waals surface area contributed by atoms with Crippen LogP contribution in [0.15, 0.2) is 0 Å². The average Bonchev–Trinajstić information content (AvgIpc) is 2.03. The number of hydrogen-bond donors (Lipinski definition) is 1. The van der Waals surface area contributed by atoms with Gasteiger partial charge in [0.1, 0.15) is 0 Å². The van der Waals surface area contributed by atoms with Crippen LogP contribution >= 0.6 is 0 Å². The third-order valence-electron chi connectivity index (χ3n) is 2.12. The number of nitrogens with two attached hydrogens (primary N) is 1. The van der Waals surface area contributed by atoms with Crippen molar-refractivity contribution in [3.8, 4) is 0 Å². The van der Waals surface area contributed by atoms with Crippen LogP contribution in [0.2, 0.25) is 0 Å². The topological polar surface area (TPSA) is 35.2 Å². The van der Waals surface area contributed by atoms with Crippen molar-refractivity contribution in [3.05, 3.63) is 0 Å². The molecule has 0 spiro atoms. The minimum absolute atomic E-state index is 0.149. The molecular formula is C10H23NO. The molecule has 1 unspecified atom stereocenters. The van der Waals surface area contributed by atoms with Gasteiger partial charge in [0, 0.05) is 12.6 Å². The van der Waals surface area contributed by atoms with Crippen LogP contribution in [0.25, 0.3) is 0 Å². The second-order valence-electron chi connectivity index (χ2n) is 3.50. The van der Waals surface area contributed by atoms with Gasteiger partial charge in [-0.05, 0) is 20.3 Å². The van der Waals surface area contributed by atoms with E-state index in [4.69, 9.17) is 10.5 Å². The van der Waals surface area contributed by atoms with Crippen LogP contribution in [0.1, 0.15) is 46.5 Å². The van der Waals surface area contributed by atoms with Gasteiger partial charge >= 0.3 is 0 Å². The average molecular weight is 173 g/mol. The minimum Gasteiger partial charge on any atom is -0.377 e. The highest BCUT2D eigenvalue weighted by Gasteiger charge is 2.05. The summed E-state index contributed by atoms with van der Waals surface area (Å²) >= 11 is 0. The minimum atomic E-state index is 0.149. The largest absolute Gasteiger partial charge is 0.377 e.